The molecule has 1 aromatic carbocycles. The topological polar surface area (TPSA) is 329 Å². The Balaban J connectivity index is 0. The predicted octanol–water partition coefficient (Wildman–Crippen LogP) is -0.540. The van der Waals surface area contributed by atoms with Crippen molar-refractivity contribution in [3.05, 3.63) is 35.4 Å². The first-order chi connectivity index (χ1) is 23.5. The van der Waals surface area contributed by atoms with Crippen LogP contribution in [-0.2, 0) is 51.4 Å². The average Bonchev–Trinajstić information content (AvgIpc) is 3.77. The molecular weight excluding hydrogens is 672 g/mol. The Morgan fingerprint density at radius 3 is 0.980 bits per heavy atom. The van der Waals surface area contributed by atoms with Crippen molar-refractivity contribution in [2.24, 2.45) is 0 Å². The predicted molar refractivity (Wildman–Crippen MR) is 172 cm³/mol. The van der Waals surface area contributed by atoms with Crippen molar-refractivity contribution >= 4 is 47.8 Å². The molecule has 0 aromatic heterocycles. The molecule has 0 bridgehead atoms. The molecule has 3 rings (SSSR count). The smallest absolute Gasteiger partial charge is 0.414 e. The van der Waals surface area contributed by atoms with Gasteiger partial charge in [-0.3, -0.25) is 0 Å². The van der Waals surface area contributed by atoms with Gasteiger partial charge in [0, 0.05) is 13.1 Å². The van der Waals surface area contributed by atoms with E-state index in [9.17, 15) is 0 Å². The normalized spacial score (nSPS) is 13.3. The van der Waals surface area contributed by atoms with Crippen LogP contribution in [0.4, 0.5) is 0 Å². The Morgan fingerprint density at radius 2 is 0.740 bits per heavy atom. The first-order valence-corrected chi connectivity index (χ1v) is 15.3. The molecule has 2 fully saturated rings. The standard InChI is InChI=1S/C22H38N4.4C2H2O4/c1-2-13-25(12-1)16-6-10-23-19-21-8-5-9-22(18-21)20-24-11-7-17-26-14-3-4-15-26;4*3-1(4)2(5)6/h5,8-9,18,23-24H,1-4,6-7,10-17,19-20H2;4*(H,3,4)(H,5,6). The van der Waals surface area contributed by atoms with Gasteiger partial charge in [-0.25, -0.2) is 38.4 Å². The Bertz CT molecular complexity index is 1050. The van der Waals surface area contributed by atoms with Crippen molar-refractivity contribution in [1.29, 1.82) is 0 Å². The Morgan fingerprint density at radius 1 is 0.480 bits per heavy atom. The third-order valence-electron chi connectivity index (χ3n) is 6.43. The van der Waals surface area contributed by atoms with Gasteiger partial charge in [0.2, 0.25) is 0 Å². The lowest BCUT2D eigenvalue weighted by atomic mass is 10.1. The van der Waals surface area contributed by atoms with E-state index in [0.717, 1.165) is 26.2 Å². The van der Waals surface area contributed by atoms with E-state index in [1.807, 2.05) is 0 Å². The zero-order chi connectivity index (χ0) is 38.5. The lowest BCUT2D eigenvalue weighted by molar-refractivity contribution is -0.159. The van der Waals surface area contributed by atoms with Crippen molar-refractivity contribution < 1.29 is 79.2 Å². The van der Waals surface area contributed by atoms with Crippen LogP contribution in [0.3, 0.4) is 0 Å². The molecule has 2 saturated heterocycles. The molecule has 0 unspecified atom stereocenters. The SMILES string of the molecule is O=C(O)C(=O)O.O=C(O)C(=O)O.O=C(O)C(=O)O.O=C(O)C(=O)O.c1cc(CNCCCN2CCCC2)cc(CNCCCN2CCCC2)c1. The summed E-state index contributed by atoms with van der Waals surface area (Å²) in [5.74, 6) is -14.6. The molecule has 0 aliphatic carbocycles. The fraction of sp³-hybridized carbons (Fsp3) is 0.533. The summed E-state index contributed by atoms with van der Waals surface area (Å²) >= 11 is 0. The van der Waals surface area contributed by atoms with Crippen molar-refractivity contribution in [3.8, 4) is 0 Å². The Hall–Kier alpha value is -5.18. The van der Waals surface area contributed by atoms with Gasteiger partial charge in [0.15, 0.2) is 0 Å². The minimum atomic E-state index is -1.82. The zero-order valence-electron chi connectivity index (χ0n) is 27.4. The maximum absolute atomic E-state index is 9.10. The number of rotatable bonds is 12. The van der Waals surface area contributed by atoms with Crippen molar-refractivity contribution in [3.63, 3.8) is 0 Å². The van der Waals surface area contributed by atoms with Crippen LogP contribution in [0, 0.1) is 0 Å². The fourth-order valence-electron chi connectivity index (χ4n) is 4.18. The summed E-state index contributed by atoms with van der Waals surface area (Å²) in [5, 5.41) is 66.3. The number of carboxylic acids is 8. The summed E-state index contributed by atoms with van der Waals surface area (Å²) in [5.41, 5.74) is 2.81. The summed E-state index contributed by atoms with van der Waals surface area (Å²) in [6, 6.07) is 9.03. The second kappa shape index (κ2) is 28.8. The highest BCUT2D eigenvalue weighted by molar-refractivity contribution is 6.28. The van der Waals surface area contributed by atoms with E-state index in [0.29, 0.717) is 0 Å². The molecule has 20 heteroatoms. The summed E-state index contributed by atoms with van der Waals surface area (Å²) in [6.45, 7) is 12.0. The van der Waals surface area contributed by atoms with Gasteiger partial charge in [0.25, 0.3) is 0 Å². The second-order valence-corrected chi connectivity index (χ2v) is 10.4. The first-order valence-electron chi connectivity index (χ1n) is 15.3. The van der Waals surface area contributed by atoms with Gasteiger partial charge in [-0.1, -0.05) is 24.3 Å². The summed E-state index contributed by atoms with van der Waals surface area (Å²) in [7, 11) is 0. The van der Waals surface area contributed by atoms with Crippen LogP contribution in [0.1, 0.15) is 49.7 Å². The van der Waals surface area contributed by atoms with Crippen LogP contribution in [0.2, 0.25) is 0 Å². The molecule has 10 N–H and O–H groups in total. The van der Waals surface area contributed by atoms with Crippen molar-refractivity contribution in [2.75, 3.05) is 52.4 Å². The summed E-state index contributed by atoms with van der Waals surface area (Å²) < 4.78 is 0. The Labute approximate surface area is 286 Å². The molecule has 0 saturated carbocycles. The summed E-state index contributed by atoms with van der Waals surface area (Å²) in [4.78, 5) is 78.0. The number of hydrogen-bond acceptors (Lipinski definition) is 12. The van der Waals surface area contributed by atoms with Gasteiger partial charge < -0.3 is 61.3 Å². The highest BCUT2D eigenvalue weighted by atomic mass is 16.5. The molecule has 0 spiro atoms. The zero-order valence-corrected chi connectivity index (χ0v) is 27.4. The molecule has 50 heavy (non-hydrogen) atoms. The number of likely N-dealkylation sites (tertiary alicyclic amines) is 2. The van der Waals surface area contributed by atoms with E-state index in [1.54, 1.807) is 0 Å². The molecule has 2 aliphatic rings. The van der Waals surface area contributed by atoms with Crippen LogP contribution in [0.25, 0.3) is 0 Å². The van der Waals surface area contributed by atoms with Gasteiger partial charge in [-0.05, 0) is 102 Å². The number of nitrogens with zero attached hydrogens (tertiary/aromatic N) is 2. The average molecular weight is 719 g/mol. The number of carboxylic acid groups (broad SMARTS) is 8. The van der Waals surface area contributed by atoms with Crippen molar-refractivity contribution in [1.82, 2.24) is 20.4 Å². The van der Waals surface area contributed by atoms with E-state index in [4.69, 9.17) is 79.2 Å². The minimum absolute atomic E-state index is 0.989. The number of benzene rings is 1. The molecule has 2 heterocycles. The van der Waals surface area contributed by atoms with E-state index in [-0.39, 0.29) is 0 Å². The van der Waals surface area contributed by atoms with Gasteiger partial charge in [-0.15, -0.1) is 0 Å². The van der Waals surface area contributed by atoms with E-state index in [1.165, 1.54) is 88.9 Å². The monoisotopic (exact) mass is 718 g/mol. The second-order valence-electron chi connectivity index (χ2n) is 10.4. The fourth-order valence-corrected chi connectivity index (χ4v) is 4.18. The lowest BCUT2D eigenvalue weighted by Gasteiger charge is -2.15. The minimum Gasteiger partial charge on any atom is -0.473 e. The third-order valence-corrected chi connectivity index (χ3v) is 6.43. The quantitative estimate of drug-likeness (QED) is 0.0958. The number of hydrogen-bond donors (Lipinski definition) is 10. The molecule has 0 atom stereocenters. The number of nitrogens with one attached hydrogen (secondary N) is 2. The largest absolute Gasteiger partial charge is 0.473 e. The molecule has 1 aromatic rings. The van der Waals surface area contributed by atoms with E-state index >= 15 is 0 Å². The van der Waals surface area contributed by atoms with Gasteiger partial charge in [0.1, 0.15) is 0 Å². The third kappa shape index (κ3) is 29.0. The molecule has 282 valence electrons. The van der Waals surface area contributed by atoms with E-state index < -0.39 is 47.8 Å². The van der Waals surface area contributed by atoms with E-state index in [2.05, 4.69) is 44.7 Å². The summed E-state index contributed by atoms with van der Waals surface area (Å²) in [6.07, 6.45) is 8.11. The molecule has 0 radical (unpaired) electrons. The molecule has 2 aliphatic heterocycles. The van der Waals surface area contributed by atoms with Crippen LogP contribution < -0.4 is 10.6 Å². The molecule has 0 amide bonds. The first kappa shape index (κ1) is 46.9. The van der Waals surface area contributed by atoms with Crippen LogP contribution in [0.5, 0.6) is 0 Å². The molecule has 20 nitrogen and oxygen atoms in total. The van der Waals surface area contributed by atoms with Crippen molar-refractivity contribution in [2.45, 2.75) is 51.6 Å². The van der Waals surface area contributed by atoms with Crippen LogP contribution in [0.15, 0.2) is 24.3 Å². The lowest BCUT2D eigenvalue weighted by Crippen LogP contribution is -2.25. The molecular formula is C30H46N4O16. The number of carbonyl (C=O) groups is 8. The van der Waals surface area contributed by atoms with Crippen LogP contribution in [-0.4, -0.2) is 151 Å². The maximum atomic E-state index is 9.10. The highest BCUT2D eigenvalue weighted by Gasteiger charge is 2.11. The van der Waals surface area contributed by atoms with Gasteiger partial charge in [-0.2, -0.15) is 0 Å². The number of aliphatic carboxylic acids is 8. The Kier molecular flexibility index (Phi) is 27.0. The highest BCUT2D eigenvalue weighted by Crippen LogP contribution is 2.09. The van der Waals surface area contributed by atoms with Gasteiger partial charge >= 0.3 is 47.8 Å². The maximum Gasteiger partial charge on any atom is 0.414 e. The van der Waals surface area contributed by atoms with Gasteiger partial charge in [0.05, 0.1) is 0 Å². The van der Waals surface area contributed by atoms with Crippen LogP contribution >= 0.6 is 0 Å².